The molecule has 2 saturated heterocycles. The van der Waals surface area contributed by atoms with Gasteiger partial charge in [-0.25, -0.2) is 4.98 Å². The molecule has 0 spiro atoms. The Balaban J connectivity index is 1.41. The molecule has 0 aliphatic carbocycles. The number of nitrogens with one attached hydrogen (secondary N) is 1. The summed E-state index contributed by atoms with van der Waals surface area (Å²) in [6, 6.07) is 9.76. The summed E-state index contributed by atoms with van der Waals surface area (Å²) >= 11 is 0. The van der Waals surface area contributed by atoms with E-state index in [-0.39, 0.29) is 24.2 Å². The molecule has 6 heteroatoms. The lowest BCUT2D eigenvalue weighted by molar-refractivity contribution is -0.122. The highest BCUT2D eigenvalue weighted by atomic mass is 16.2. The van der Waals surface area contributed by atoms with Crippen LogP contribution in [0.5, 0.6) is 0 Å². The first-order chi connectivity index (χ1) is 13.5. The van der Waals surface area contributed by atoms with Gasteiger partial charge in [-0.15, -0.1) is 0 Å². The second kappa shape index (κ2) is 7.62. The molecule has 4 rings (SSSR count). The number of pyridine rings is 1. The number of amides is 2. The van der Waals surface area contributed by atoms with Crippen LogP contribution in [0.2, 0.25) is 0 Å². The molecule has 0 bridgehead atoms. The molecule has 0 radical (unpaired) electrons. The van der Waals surface area contributed by atoms with E-state index in [1.165, 1.54) is 12.8 Å². The molecular weight excluding hydrogens is 352 g/mol. The third kappa shape index (κ3) is 3.59. The number of hydrogen-bond donors (Lipinski definition) is 1. The van der Waals surface area contributed by atoms with Crippen molar-refractivity contribution in [2.24, 2.45) is 5.92 Å². The topological polar surface area (TPSA) is 65.5 Å². The van der Waals surface area contributed by atoms with Crippen LogP contribution < -0.4 is 15.1 Å². The lowest BCUT2D eigenvalue weighted by atomic mass is 10.1. The van der Waals surface area contributed by atoms with Crippen molar-refractivity contribution >= 4 is 29.0 Å². The Morgan fingerprint density at radius 3 is 2.64 bits per heavy atom. The van der Waals surface area contributed by atoms with Crippen molar-refractivity contribution in [3.63, 3.8) is 0 Å². The lowest BCUT2D eigenvalue weighted by Crippen LogP contribution is -2.28. The van der Waals surface area contributed by atoms with E-state index in [0.717, 1.165) is 35.7 Å². The molecule has 6 nitrogen and oxygen atoms in total. The van der Waals surface area contributed by atoms with Gasteiger partial charge in [0.1, 0.15) is 5.82 Å². The number of aryl methyl sites for hydroxylation is 1. The van der Waals surface area contributed by atoms with Crippen molar-refractivity contribution in [2.75, 3.05) is 34.8 Å². The lowest BCUT2D eigenvalue weighted by Gasteiger charge is -2.20. The van der Waals surface area contributed by atoms with Gasteiger partial charge in [0.05, 0.1) is 17.8 Å². The van der Waals surface area contributed by atoms with Crippen molar-refractivity contribution in [2.45, 2.75) is 33.1 Å². The quantitative estimate of drug-likeness (QED) is 0.887. The fraction of sp³-hybridized carbons (Fsp3) is 0.409. The monoisotopic (exact) mass is 378 g/mol. The van der Waals surface area contributed by atoms with E-state index in [1.54, 1.807) is 11.1 Å². The summed E-state index contributed by atoms with van der Waals surface area (Å²) in [4.78, 5) is 33.7. The standard InChI is InChI=1S/C22H26N4O2/c1-15-6-5-7-19(16(15)2)26-14-17(12-21(26)27)22(28)24-18-8-9-20(23-13-18)25-10-3-4-11-25/h5-9,13,17H,3-4,10-12,14H2,1-2H3,(H,24,28). The Morgan fingerprint density at radius 2 is 1.93 bits per heavy atom. The van der Waals surface area contributed by atoms with Gasteiger partial charge in [0.15, 0.2) is 0 Å². The van der Waals surface area contributed by atoms with E-state index in [0.29, 0.717) is 12.2 Å². The van der Waals surface area contributed by atoms with Crippen LogP contribution in [-0.2, 0) is 9.59 Å². The zero-order chi connectivity index (χ0) is 19.7. The second-order valence-electron chi connectivity index (χ2n) is 7.71. The van der Waals surface area contributed by atoms with Gasteiger partial charge in [-0.05, 0) is 56.0 Å². The normalized spacial score (nSPS) is 19.4. The molecule has 2 aromatic rings. The summed E-state index contributed by atoms with van der Waals surface area (Å²) in [5.41, 5.74) is 3.79. The van der Waals surface area contributed by atoms with Gasteiger partial charge < -0.3 is 15.1 Å². The third-order valence-electron chi connectivity index (χ3n) is 5.81. The van der Waals surface area contributed by atoms with Crippen LogP contribution in [0.4, 0.5) is 17.2 Å². The molecule has 1 aromatic heterocycles. The molecule has 1 unspecified atom stereocenters. The van der Waals surface area contributed by atoms with Gasteiger partial charge >= 0.3 is 0 Å². The van der Waals surface area contributed by atoms with Crippen molar-refractivity contribution < 1.29 is 9.59 Å². The average molecular weight is 378 g/mol. The molecule has 146 valence electrons. The third-order valence-corrected chi connectivity index (χ3v) is 5.81. The van der Waals surface area contributed by atoms with E-state index in [2.05, 4.69) is 15.2 Å². The van der Waals surface area contributed by atoms with Gasteiger partial charge in [-0.2, -0.15) is 0 Å². The Kier molecular flexibility index (Phi) is 5.03. The fourth-order valence-electron chi connectivity index (χ4n) is 3.98. The number of benzene rings is 1. The van der Waals surface area contributed by atoms with E-state index in [9.17, 15) is 9.59 Å². The number of anilines is 3. The minimum atomic E-state index is -0.356. The number of rotatable bonds is 4. The van der Waals surface area contributed by atoms with Gasteiger partial charge in [0.25, 0.3) is 0 Å². The van der Waals surface area contributed by atoms with Gasteiger partial charge in [-0.3, -0.25) is 9.59 Å². The van der Waals surface area contributed by atoms with E-state index in [4.69, 9.17) is 0 Å². The minimum Gasteiger partial charge on any atom is -0.357 e. The molecule has 3 heterocycles. The van der Waals surface area contributed by atoms with Crippen LogP contribution in [0.3, 0.4) is 0 Å². The largest absolute Gasteiger partial charge is 0.357 e. The Labute approximate surface area is 165 Å². The smallest absolute Gasteiger partial charge is 0.229 e. The Morgan fingerprint density at radius 1 is 1.14 bits per heavy atom. The number of hydrogen-bond acceptors (Lipinski definition) is 4. The number of nitrogens with zero attached hydrogens (tertiary/aromatic N) is 3. The molecule has 2 amide bonds. The summed E-state index contributed by atoms with van der Waals surface area (Å²) in [5, 5.41) is 2.92. The van der Waals surface area contributed by atoms with Crippen molar-refractivity contribution in [3.8, 4) is 0 Å². The predicted octanol–water partition coefficient (Wildman–Crippen LogP) is 3.29. The molecule has 1 N–H and O–H groups in total. The zero-order valence-corrected chi connectivity index (χ0v) is 16.4. The first kappa shape index (κ1) is 18.5. The second-order valence-corrected chi connectivity index (χ2v) is 7.71. The Bertz CT molecular complexity index is 888. The van der Waals surface area contributed by atoms with Crippen LogP contribution in [0.1, 0.15) is 30.4 Å². The summed E-state index contributed by atoms with van der Waals surface area (Å²) in [6.07, 6.45) is 4.34. The summed E-state index contributed by atoms with van der Waals surface area (Å²) in [6.45, 7) is 6.53. The van der Waals surface area contributed by atoms with Crippen molar-refractivity contribution in [1.29, 1.82) is 0 Å². The van der Waals surface area contributed by atoms with Crippen molar-refractivity contribution in [3.05, 3.63) is 47.7 Å². The van der Waals surface area contributed by atoms with Gasteiger partial charge in [-0.1, -0.05) is 12.1 Å². The molecule has 28 heavy (non-hydrogen) atoms. The maximum atomic E-state index is 12.7. The number of aromatic nitrogens is 1. The van der Waals surface area contributed by atoms with Crippen molar-refractivity contribution in [1.82, 2.24) is 4.98 Å². The molecule has 2 fully saturated rings. The van der Waals surface area contributed by atoms with E-state index < -0.39 is 0 Å². The van der Waals surface area contributed by atoms with E-state index in [1.807, 2.05) is 44.2 Å². The summed E-state index contributed by atoms with van der Waals surface area (Å²) in [7, 11) is 0. The average Bonchev–Trinajstić information content (AvgIpc) is 3.35. The van der Waals surface area contributed by atoms with Crippen LogP contribution in [0, 0.1) is 19.8 Å². The van der Waals surface area contributed by atoms with Crippen LogP contribution in [0.25, 0.3) is 0 Å². The molecule has 1 atom stereocenters. The number of carbonyl (C=O) groups excluding carboxylic acids is 2. The first-order valence-corrected chi connectivity index (χ1v) is 9.91. The van der Waals surface area contributed by atoms with Crippen LogP contribution in [-0.4, -0.2) is 36.4 Å². The van der Waals surface area contributed by atoms with Gasteiger partial charge in [0, 0.05) is 31.7 Å². The molecule has 0 saturated carbocycles. The van der Waals surface area contributed by atoms with Crippen LogP contribution >= 0.6 is 0 Å². The SMILES string of the molecule is Cc1cccc(N2CC(C(=O)Nc3ccc(N4CCCC4)nc3)CC2=O)c1C. The highest BCUT2D eigenvalue weighted by Gasteiger charge is 2.35. The Hall–Kier alpha value is -2.89. The minimum absolute atomic E-state index is 0.00337. The predicted molar refractivity (Wildman–Crippen MR) is 111 cm³/mol. The number of carbonyl (C=O) groups is 2. The van der Waals surface area contributed by atoms with E-state index >= 15 is 0 Å². The zero-order valence-electron chi connectivity index (χ0n) is 16.4. The fourth-order valence-corrected chi connectivity index (χ4v) is 3.98. The maximum absolute atomic E-state index is 12.7. The molecule has 1 aromatic carbocycles. The maximum Gasteiger partial charge on any atom is 0.229 e. The van der Waals surface area contributed by atoms with Gasteiger partial charge in [0.2, 0.25) is 11.8 Å². The molecule has 2 aliphatic rings. The summed E-state index contributed by atoms with van der Waals surface area (Å²) < 4.78 is 0. The summed E-state index contributed by atoms with van der Waals surface area (Å²) in [5.74, 6) is 0.464. The highest BCUT2D eigenvalue weighted by Crippen LogP contribution is 2.30. The first-order valence-electron chi connectivity index (χ1n) is 9.91. The highest BCUT2D eigenvalue weighted by molar-refractivity contribution is 6.03. The molecular formula is C22H26N4O2. The van der Waals surface area contributed by atoms with Crippen LogP contribution in [0.15, 0.2) is 36.5 Å². The molecule has 2 aliphatic heterocycles.